The quantitative estimate of drug-likeness (QED) is 0.160. The van der Waals surface area contributed by atoms with Gasteiger partial charge < -0.3 is 23.7 Å². The summed E-state index contributed by atoms with van der Waals surface area (Å²) in [4.78, 5) is 0. The maximum Gasteiger partial charge on any atom is 0.150 e. The molecule has 216 valence electrons. The van der Waals surface area contributed by atoms with E-state index in [9.17, 15) is 0 Å². The zero-order chi connectivity index (χ0) is 28.8. The Hall–Kier alpha value is -4.00. The predicted octanol–water partition coefficient (Wildman–Crippen LogP) is 7.43. The minimum absolute atomic E-state index is 0.319. The largest absolute Gasteiger partial charge is 0.487 e. The van der Waals surface area contributed by atoms with E-state index in [2.05, 4.69) is 30.8 Å². The van der Waals surface area contributed by atoms with Crippen LogP contribution in [0.15, 0.2) is 146 Å². The van der Waals surface area contributed by atoms with Gasteiger partial charge in [-0.15, -0.1) is 0 Å². The number of hydrogen-bond acceptors (Lipinski definition) is 5. The molecule has 0 bridgehead atoms. The molecule has 4 atom stereocenters. The van der Waals surface area contributed by atoms with E-state index >= 15 is 0 Å². The third-order valence-electron chi connectivity index (χ3n) is 7.08. The van der Waals surface area contributed by atoms with Gasteiger partial charge in [-0.05, 0) is 28.3 Å². The molecule has 5 heteroatoms. The first-order chi connectivity index (χ1) is 20.8. The zero-order valence-corrected chi connectivity index (χ0v) is 23.8. The molecule has 0 N–H and O–H groups in total. The van der Waals surface area contributed by atoms with E-state index in [1.165, 1.54) is 0 Å². The predicted molar refractivity (Wildman–Crippen MR) is 164 cm³/mol. The van der Waals surface area contributed by atoms with Gasteiger partial charge in [0.25, 0.3) is 0 Å². The van der Waals surface area contributed by atoms with Crippen LogP contribution in [-0.2, 0) is 50.1 Å². The molecule has 0 aromatic heterocycles. The summed E-state index contributed by atoms with van der Waals surface area (Å²) < 4.78 is 32.6. The van der Waals surface area contributed by atoms with E-state index < -0.39 is 24.4 Å². The first kappa shape index (κ1) is 29.5. The highest BCUT2D eigenvalue weighted by molar-refractivity contribution is 5.20. The van der Waals surface area contributed by atoms with Crippen molar-refractivity contribution in [3.05, 3.63) is 168 Å². The number of hydrogen-bond donors (Lipinski definition) is 0. The van der Waals surface area contributed by atoms with Crippen molar-refractivity contribution in [2.75, 3.05) is 6.61 Å². The minimum atomic E-state index is -0.516. The molecule has 1 aliphatic rings. The Labute approximate surface area is 249 Å². The molecule has 42 heavy (non-hydrogen) atoms. The number of ether oxygens (including phenoxy) is 5. The first-order valence-electron chi connectivity index (χ1n) is 14.4. The average molecular weight is 563 g/mol. The van der Waals surface area contributed by atoms with E-state index in [4.69, 9.17) is 23.7 Å². The summed E-state index contributed by atoms with van der Waals surface area (Å²) in [7, 11) is 0. The second-order valence-electron chi connectivity index (χ2n) is 10.2. The van der Waals surface area contributed by atoms with Gasteiger partial charge >= 0.3 is 0 Å². The Morgan fingerprint density at radius 1 is 0.548 bits per heavy atom. The number of allylic oxidation sites excluding steroid dienone is 2. The highest BCUT2D eigenvalue weighted by atomic mass is 16.6. The summed E-state index contributed by atoms with van der Waals surface area (Å²) in [6.07, 6.45) is 1.69. The molecule has 0 amide bonds. The number of benzene rings is 4. The van der Waals surface area contributed by atoms with Gasteiger partial charge in [-0.2, -0.15) is 0 Å². The van der Waals surface area contributed by atoms with Gasteiger partial charge in [0, 0.05) is 0 Å². The molecule has 0 aliphatic carbocycles. The van der Waals surface area contributed by atoms with E-state index in [1.807, 2.05) is 103 Å². The molecular formula is C37H38O5. The van der Waals surface area contributed by atoms with Crippen molar-refractivity contribution in [3.63, 3.8) is 0 Å². The normalized spacial score (nSPS) is 21.1. The molecule has 4 aromatic rings. The van der Waals surface area contributed by atoms with Crippen LogP contribution in [0, 0.1) is 0 Å². The Bertz CT molecular complexity index is 1360. The van der Waals surface area contributed by atoms with Gasteiger partial charge in [0.15, 0.2) is 6.10 Å². The van der Waals surface area contributed by atoms with E-state index in [0.29, 0.717) is 38.8 Å². The monoisotopic (exact) mass is 562 g/mol. The second-order valence-corrected chi connectivity index (χ2v) is 10.2. The molecule has 1 fully saturated rings. The molecule has 5 nitrogen and oxygen atoms in total. The summed E-state index contributed by atoms with van der Waals surface area (Å²) >= 11 is 0. The lowest BCUT2D eigenvalue weighted by atomic mass is 9.96. The van der Waals surface area contributed by atoms with Crippen molar-refractivity contribution in [3.8, 4) is 0 Å². The molecule has 1 aliphatic heterocycles. The fourth-order valence-corrected chi connectivity index (χ4v) is 4.96. The Kier molecular flexibility index (Phi) is 11.1. The maximum atomic E-state index is 6.68. The zero-order valence-electron chi connectivity index (χ0n) is 23.8. The topological polar surface area (TPSA) is 46.2 Å². The lowest BCUT2D eigenvalue weighted by Gasteiger charge is -2.43. The lowest BCUT2D eigenvalue weighted by Crippen LogP contribution is -2.56. The number of rotatable bonds is 14. The van der Waals surface area contributed by atoms with Gasteiger partial charge in [-0.1, -0.05) is 134 Å². The molecule has 4 aromatic carbocycles. The highest BCUT2D eigenvalue weighted by Crippen LogP contribution is 2.33. The first-order valence-corrected chi connectivity index (χ1v) is 14.4. The standard InChI is InChI=1S/C37H38O5/c1-2-15-33-35(39-25-30-18-9-4-10-19-30)37(41-27-32-22-13-6-14-23-32)36(40-26-31-20-11-5-12-21-31)34(42-33)28-38-24-29-16-7-3-8-17-29/h2-23,34-37H,1,24-28H2/b33-15-/t34-,35+,36-,37-/m1/s1. The second kappa shape index (κ2) is 15.9. The molecule has 0 spiro atoms. The Morgan fingerprint density at radius 2 is 0.976 bits per heavy atom. The van der Waals surface area contributed by atoms with Crippen molar-refractivity contribution < 1.29 is 23.7 Å². The van der Waals surface area contributed by atoms with Gasteiger partial charge in [0.2, 0.25) is 0 Å². The molecule has 0 unspecified atom stereocenters. The third kappa shape index (κ3) is 8.51. The molecular weight excluding hydrogens is 524 g/mol. The maximum absolute atomic E-state index is 6.68. The summed E-state index contributed by atoms with van der Waals surface area (Å²) in [5.41, 5.74) is 4.29. The van der Waals surface area contributed by atoms with Gasteiger partial charge in [-0.25, -0.2) is 0 Å². The van der Waals surface area contributed by atoms with Crippen LogP contribution < -0.4 is 0 Å². The van der Waals surface area contributed by atoms with Crippen molar-refractivity contribution >= 4 is 0 Å². The summed E-state index contributed by atoms with van der Waals surface area (Å²) in [5.74, 6) is 0.645. The van der Waals surface area contributed by atoms with Gasteiger partial charge in [0.05, 0.1) is 33.0 Å². The van der Waals surface area contributed by atoms with Crippen LogP contribution in [0.4, 0.5) is 0 Å². The SMILES string of the molecule is C=C/C=C1\O[C@H](COCc2ccccc2)[C@@H](OCc2ccccc2)[C@H](OCc2ccccc2)[C@H]1OCc1ccccc1. The van der Waals surface area contributed by atoms with Crippen LogP contribution in [0.5, 0.6) is 0 Å². The van der Waals surface area contributed by atoms with Crippen molar-refractivity contribution in [1.29, 1.82) is 0 Å². The fraction of sp³-hybridized carbons (Fsp3) is 0.243. The average Bonchev–Trinajstić information content (AvgIpc) is 3.05. The van der Waals surface area contributed by atoms with Crippen LogP contribution in [0.25, 0.3) is 0 Å². The fourth-order valence-electron chi connectivity index (χ4n) is 4.96. The van der Waals surface area contributed by atoms with Crippen molar-refractivity contribution in [2.24, 2.45) is 0 Å². The van der Waals surface area contributed by atoms with Crippen molar-refractivity contribution in [2.45, 2.75) is 50.8 Å². The Morgan fingerprint density at radius 3 is 1.45 bits per heavy atom. The molecule has 1 heterocycles. The van der Waals surface area contributed by atoms with Crippen molar-refractivity contribution in [1.82, 2.24) is 0 Å². The molecule has 0 radical (unpaired) electrons. The summed E-state index contributed by atoms with van der Waals surface area (Å²) in [6.45, 7) is 5.93. The summed E-state index contributed by atoms with van der Waals surface area (Å²) in [6, 6.07) is 40.5. The van der Waals surface area contributed by atoms with Crippen LogP contribution >= 0.6 is 0 Å². The third-order valence-corrected chi connectivity index (χ3v) is 7.08. The van der Waals surface area contributed by atoms with Gasteiger partial charge in [0.1, 0.15) is 24.1 Å². The van der Waals surface area contributed by atoms with Crippen LogP contribution in [-0.4, -0.2) is 31.0 Å². The van der Waals surface area contributed by atoms with E-state index in [0.717, 1.165) is 22.3 Å². The smallest absolute Gasteiger partial charge is 0.150 e. The van der Waals surface area contributed by atoms with Gasteiger partial charge in [-0.3, -0.25) is 0 Å². The molecule has 0 saturated carbocycles. The summed E-state index contributed by atoms with van der Waals surface area (Å²) in [5, 5.41) is 0. The Balaban J connectivity index is 1.42. The van der Waals surface area contributed by atoms with Crippen LogP contribution in [0.1, 0.15) is 22.3 Å². The highest BCUT2D eigenvalue weighted by Gasteiger charge is 2.46. The van der Waals surface area contributed by atoms with Crippen LogP contribution in [0.2, 0.25) is 0 Å². The minimum Gasteiger partial charge on any atom is -0.487 e. The van der Waals surface area contributed by atoms with E-state index in [-0.39, 0.29) is 0 Å². The molecule has 5 rings (SSSR count). The van der Waals surface area contributed by atoms with Crippen LogP contribution in [0.3, 0.4) is 0 Å². The lowest BCUT2D eigenvalue weighted by molar-refractivity contribution is -0.223. The van der Waals surface area contributed by atoms with E-state index in [1.54, 1.807) is 6.08 Å². The molecule has 1 saturated heterocycles.